The summed E-state index contributed by atoms with van der Waals surface area (Å²) in [4.78, 5) is 0. The van der Waals surface area contributed by atoms with Gasteiger partial charge in [-0.25, -0.2) is 0 Å². The van der Waals surface area contributed by atoms with Gasteiger partial charge in [0.25, 0.3) is 0 Å². The summed E-state index contributed by atoms with van der Waals surface area (Å²) in [5.74, 6) is 6.20. The second-order valence-corrected chi connectivity index (χ2v) is 6.82. The Hall–Kier alpha value is -0.0800. The van der Waals surface area contributed by atoms with Crippen molar-refractivity contribution in [1.82, 2.24) is 10.6 Å². The van der Waals surface area contributed by atoms with Crippen molar-refractivity contribution in [2.45, 2.75) is 32.2 Å². The summed E-state index contributed by atoms with van der Waals surface area (Å²) in [6, 6.07) is 0.930. The maximum absolute atomic E-state index is 3.89. The minimum absolute atomic E-state index is 0.878. The van der Waals surface area contributed by atoms with Crippen LogP contribution in [0, 0.1) is 35.5 Å². The van der Waals surface area contributed by atoms with E-state index < -0.39 is 0 Å². The predicted octanol–water partition coefficient (Wildman–Crippen LogP) is 1.48. The minimum Gasteiger partial charge on any atom is -0.316 e. The van der Waals surface area contributed by atoms with Crippen LogP contribution in [0.1, 0.15) is 26.2 Å². The van der Waals surface area contributed by atoms with Gasteiger partial charge in [-0.3, -0.25) is 0 Å². The van der Waals surface area contributed by atoms with Crippen molar-refractivity contribution in [3.8, 4) is 0 Å². The van der Waals surface area contributed by atoms with Gasteiger partial charge in [-0.2, -0.15) is 0 Å². The van der Waals surface area contributed by atoms with Crippen LogP contribution in [0.25, 0.3) is 0 Å². The Bertz CT molecular complexity index is 274. The Morgan fingerprint density at radius 2 is 1.88 bits per heavy atom. The molecular formula is C14H24N2. The molecule has 2 N–H and O–H groups in total. The van der Waals surface area contributed by atoms with Crippen LogP contribution in [0.2, 0.25) is 0 Å². The van der Waals surface area contributed by atoms with E-state index in [4.69, 9.17) is 0 Å². The van der Waals surface area contributed by atoms with E-state index in [0.717, 1.165) is 41.5 Å². The molecule has 0 spiro atoms. The highest BCUT2D eigenvalue weighted by atomic mass is 15.0. The second kappa shape index (κ2) is 3.46. The maximum Gasteiger partial charge on any atom is 0.0136 e. The summed E-state index contributed by atoms with van der Waals surface area (Å²) in [5, 5.41) is 7.40. The highest BCUT2D eigenvalue weighted by Gasteiger charge is 2.64. The summed E-state index contributed by atoms with van der Waals surface area (Å²) in [6.45, 7) is 6.13. The molecule has 90 valence electrons. The molecule has 3 saturated carbocycles. The highest BCUT2D eigenvalue weighted by Crippen LogP contribution is 2.65. The minimum atomic E-state index is 0.878. The topological polar surface area (TPSA) is 24.1 Å². The molecule has 4 unspecified atom stereocenters. The van der Waals surface area contributed by atoms with E-state index in [1.54, 1.807) is 19.3 Å². The van der Waals surface area contributed by atoms with Crippen LogP contribution in [0.4, 0.5) is 0 Å². The molecule has 1 aliphatic heterocycles. The van der Waals surface area contributed by atoms with E-state index in [2.05, 4.69) is 17.6 Å². The van der Waals surface area contributed by atoms with Crippen molar-refractivity contribution in [2.24, 2.45) is 35.5 Å². The lowest BCUT2D eigenvalue weighted by Crippen LogP contribution is -2.31. The molecule has 2 bridgehead atoms. The van der Waals surface area contributed by atoms with E-state index in [9.17, 15) is 0 Å². The summed E-state index contributed by atoms with van der Waals surface area (Å²) < 4.78 is 0. The van der Waals surface area contributed by atoms with E-state index in [1.807, 2.05) is 0 Å². The zero-order valence-electron chi connectivity index (χ0n) is 10.3. The third kappa shape index (κ3) is 1.32. The van der Waals surface area contributed by atoms with Gasteiger partial charge in [0.1, 0.15) is 0 Å². The van der Waals surface area contributed by atoms with Crippen molar-refractivity contribution >= 4 is 0 Å². The van der Waals surface area contributed by atoms with Gasteiger partial charge >= 0.3 is 0 Å². The molecule has 1 heterocycles. The first-order chi connectivity index (χ1) is 7.84. The zero-order chi connectivity index (χ0) is 10.7. The molecule has 0 aromatic carbocycles. The van der Waals surface area contributed by atoms with Gasteiger partial charge < -0.3 is 10.6 Å². The number of rotatable bonds is 3. The Kier molecular flexibility index (Phi) is 2.14. The normalized spacial score (nSPS) is 57.9. The molecule has 2 heteroatoms. The lowest BCUT2D eigenvalue weighted by molar-refractivity contribution is 0.387. The fourth-order valence-electron chi connectivity index (χ4n) is 5.02. The number of hydrogen-bond acceptors (Lipinski definition) is 2. The van der Waals surface area contributed by atoms with Crippen molar-refractivity contribution in [2.75, 3.05) is 19.6 Å². The van der Waals surface area contributed by atoms with Gasteiger partial charge in [-0.1, -0.05) is 6.92 Å². The van der Waals surface area contributed by atoms with Crippen LogP contribution in [-0.4, -0.2) is 25.7 Å². The summed E-state index contributed by atoms with van der Waals surface area (Å²) >= 11 is 0. The summed E-state index contributed by atoms with van der Waals surface area (Å²) in [7, 11) is 0. The summed E-state index contributed by atoms with van der Waals surface area (Å²) in [6.07, 6.45) is 4.67. The monoisotopic (exact) mass is 220 g/mol. The number of nitrogens with one attached hydrogen (secondary N) is 2. The lowest BCUT2D eigenvalue weighted by atomic mass is 9.98. The predicted molar refractivity (Wildman–Crippen MR) is 65.1 cm³/mol. The van der Waals surface area contributed by atoms with E-state index >= 15 is 0 Å². The molecule has 1 saturated heterocycles. The van der Waals surface area contributed by atoms with Crippen molar-refractivity contribution in [3.05, 3.63) is 0 Å². The average Bonchev–Trinajstić information content (AvgIpc) is 2.70. The van der Waals surface area contributed by atoms with Crippen molar-refractivity contribution in [1.29, 1.82) is 0 Å². The van der Waals surface area contributed by atoms with Crippen molar-refractivity contribution < 1.29 is 0 Å². The molecule has 0 radical (unpaired) electrons. The molecule has 4 rings (SSSR count). The second-order valence-electron chi connectivity index (χ2n) is 6.82. The first-order valence-electron chi connectivity index (χ1n) is 7.28. The Morgan fingerprint density at radius 1 is 1.12 bits per heavy atom. The molecule has 3 aliphatic carbocycles. The molecule has 0 amide bonds. The third-order valence-electron chi connectivity index (χ3n) is 6.03. The van der Waals surface area contributed by atoms with Crippen LogP contribution >= 0.6 is 0 Å². The van der Waals surface area contributed by atoms with Gasteiger partial charge in [0.05, 0.1) is 0 Å². The molecule has 0 aromatic rings. The van der Waals surface area contributed by atoms with Crippen LogP contribution < -0.4 is 10.6 Å². The molecule has 4 aliphatic rings. The van der Waals surface area contributed by atoms with Gasteiger partial charge in [0, 0.05) is 6.04 Å². The quantitative estimate of drug-likeness (QED) is 0.753. The molecule has 0 aromatic heterocycles. The van der Waals surface area contributed by atoms with Gasteiger partial charge in [0.15, 0.2) is 0 Å². The van der Waals surface area contributed by atoms with Crippen LogP contribution in [-0.2, 0) is 0 Å². The number of fused-ring (bicyclic) bond motifs is 5. The average molecular weight is 220 g/mol. The highest BCUT2D eigenvalue weighted by molar-refractivity contribution is 5.16. The van der Waals surface area contributed by atoms with Gasteiger partial charge in [0.2, 0.25) is 0 Å². The van der Waals surface area contributed by atoms with E-state index in [-0.39, 0.29) is 0 Å². The maximum atomic E-state index is 3.89. The standard InChI is InChI=1S/C14H24N2/c1-8-5-15-6-11(8)7-16-14-12-9-2-3-10(4-9)13(12)14/h8-16H,2-7H2,1H3/t8-,9?,10?,11+,12?,13?,14?/m1/s1. The van der Waals surface area contributed by atoms with E-state index in [0.29, 0.717) is 0 Å². The largest absolute Gasteiger partial charge is 0.316 e. The van der Waals surface area contributed by atoms with Crippen LogP contribution in [0.5, 0.6) is 0 Å². The van der Waals surface area contributed by atoms with Crippen LogP contribution in [0.15, 0.2) is 0 Å². The molecule has 6 atom stereocenters. The molecule has 16 heavy (non-hydrogen) atoms. The Balaban J connectivity index is 1.31. The zero-order valence-corrected chi connectivity index (χ0v) is 10.3. The first-order valence-corrected chi connectivity index (χ1v) is 7.28. The summed E-state index contributed by atoms with van der Waals surface area (Å²) in [5.41, 5.74) is 0. The van der Waals surface area contributed by atoms with Gasteiger partial charge in [-0.15, -0.1) is 0 Å². The number of hydrogen-bond donors (Lipinski definition) is 2. The fourth-order valence-corrected chi connectivity index (χ4v) is 5.02. The fraction of sp³-hybridized carbons (Fsp3) is 1.00. The Morgan fingerprint density at radius 3 is 2.50 bits per heavy atom. The third-order valence-corrected chi connectivity index (χ3v) is 6.03. The first kappa shape index (κ1) is 9.90. The van der Waals surface area contributed by atoms with E-state index in [1.165, 1.54) is 19.6 Å². The van der Waals surface area contributed by atoms with Gasteiger partial charge in [-0.05, 0) is 74.4 Å². The Labute approximate surface area is 98.6 Å². The smallest absolute Gasteiger partial charge is 0.0136 e. The molecular weight excluding hydrogens is 196 g/mol. The van der Waals surface area contributed by atoms with Crippen LogP contribution in [0.3, 0.4) is 0 Å². The SMILES string of the molecule is C[C@@H]1CNC[C@H]1CNC1C2C3CCC(C3)C12. The molecule has 2 nitrogen and oxygen atoms in total. The molecule has 4 fully saturated rings. The van der Waals surface area contributed by atoms with Crippen molar-refractivity contribution in [3.63, 3.8) is 0 Å². The lowest BCUT2D eigenvalue weighted by Gasteiger charge is -2.17.